The zero-order chi connectivity index (χ0) is 30.4. The van der Waals surface area contributed by atoms with Crippen LogP contribution in [0.1, 0.15) is 12.5 Å². The summed E-state index contributed by atoms with van der Waals surface area (Å²) in [7, 11) is -3.97. The molecule has 42 heavy (non-hydrogen) atoms. The van der Waals surface area contributed by atoms with Gasteiger partial charge in [0.2, 0.25) is 5.89 Å². The second kappa shape index (κ2) is 10.1. The number of sulfone groups is 1. The Bertz CT molecular complexity index is 2030. The van der Waals surface area contributed by atoms with E-state index >= 15 is 0 Å². The fourth-order valence-electron chi connectivity index (χ4n) is 3.73. The Morgan fingerprint density at radius 1 is 1.02 bits per heavy atom. The van der Waals surface area contributed by atoms with E-state index in [9.17, 15) is 35.2 Å². The van der Waals surface area contributed by atoms with Crippen LogP contribution in [0.2, 0.25) is 0 Å². The summed E-state index contributed by atoms with van der Waals surface area (Å²) in [4.78, 5) is 21.0. The van der Waals surface area contributed by atoms with Crippen LogP contribution in [0.15, 0.2) is 75.0 Å². The summed E-state index contributed by atoms with van der Waals surface area (Å²) in [6.07, 6.45) is -10.3. The van der Waals surface area contributed by atoms with Crippen molar-refractivity contribution in [1.29, 1.82) is 5.26 Å². The van der Waals surface area contributed by atoms with Gasteiger partial charge in [-0.3, -0.25) is 0 Å². The molecule has 0 saturated carbocycles. The number of oxazole rings is 1. The Labute approximate surface area is 232 Å². The van der Waals surface area contributed by atoms with Gasteiger partial charge in [-0.2, -0.15) is 37.0 Å². The van der Waals surface area contributed by atoms with Crippen molar-refractivity contribution in [3.05, 3.63) is 77.0 Å². The van der Waals surface area contributed by atoms with Gasteiger partial charge >= 0.3 is 18.0 Å². The Balaban J connectivity index is 1.60. The largest absolute Gasteiger partial charge is 0.499 e. The number of fused-ring (bicyclic) bond motifs is 1. The minimum Gasteiger partial charge on any atom is -0.435 e. The molecule has 0 N–H and O–H groups in total. The normalized spacial score (nSPS) is 12.4. The van der Waals surface area contributed by atoms with E-state index in [0.717, 1.165) is 33.5 Å². The number of alkyl halides is 5. The standard InChI is InChI=1S/C25H15F5N6O5S/c1-2-42(38,39)19-9-10-20(36-23(37)35(13-32-36)15-5-3-14(12-31)4-6-15)34-21(19)22-33-17-11-16(7-8-18(17)40-22)41-25(29,30)24(26,27)28/h3-11,13H,2H2,1H3. The number of pyridine rings is 1. The van der Waals surface area contributed by atoms with Gasteiger partial charge in [-0.25, -0.2) is 27.7 Å². The highest BCUT2D eigenvalue weighted by Crippen LogP contribution is 2.38. The molecular weight excluding hydrogens is 591 g/mol. The quantitative estimate of drug-likeness (QED) is 0.246. The maximum atomic E-state index is 13.4. The summed E-state index contributed by atoms with van der Waals surface area (Å²) in [5.41, 5.74) is -0.674. The first-order valence-corrected chi connectivity index (χ1v) is 13.3. The van der Waals surface area contributed by atoms with Crippen molar-refractivity contribution in [2.45, 2.75) is 24.1 Å². The number of hydrogen-bond donors (Lipinski definition) is 0. The highest BCUT2D eigenvalue weighted by molar-refractivity contribution is 7.91. The Morgan fingerprint density at radius 2 is 1.74 bits per heavy atom. The number of hydrogen-bond acceptors (Lipinski definition) is 9. The summed E-state index contributed by atoms with van der Waals surface area (Å²) in [5.74, 6) is -1.82. The molecule has 3 aromatic heterocycles. The molecule has 0 unspecified atom stereocenters. The summed E-state index contributed by atoms with van der Waals surface area (Å²) in [6, 6.07) is 12.9. The van der Waals surface area contributed by atoms with Crippen LogP contribution in [0.25, 0.3) is 34.2 Å². The molecule has 0 aliphatic carbocycles. The van der Waals surface area contributed by atoms with Crippen molar-refractivity contribution < 1.29 is 39.5 Å². The van der Waals surface area contributed by atoms with Gasteiger partial charge in [-0.15, -0.1) is 0 Å². The first kappa shape index (κ1) is 28.4. The van der Waals surface area contributed by atoms with Crippen molar-refractivity contribution in [3.63, 3.8) is 0 Å². The molecular formula is C25H15F5N6O5S. The zero-order valence-corrected chi connectivity index (χ0v) is 21.8. The number of aromatic nitrogens is 5. The number of rotatable bonds is 7. The maximum Gasteiger partial charge on any atom is 0.499 e. The minimum absolute atomic E-state index is 0.109. The molecule has 0 bridgehead atoms. The van der Waals surface area contributed by atoms with E-state index in [2.05, 4.69) is 19.8 Å². The lowest BCUT2D eigenvalue weighted by molar-refractivity contribution is -0.360. The monoisotopic (exact) mass is 606 g/mol. The average molecular weight is 606 g/mol. The molecule has 3 heterocycles. The van der Waals surface area contributed by atoms with E-state index in [1.165, 1.54) is 43.6 Å². The SMILES string of the molecule is CCS(=O)(=O)c1ccc(-n2ncn(-c3ccc(C#N)cc3)c2=O)nc1-c1nc2cc(OC(F)(F)C(F)(F)F)ccc2o1. The molecule has 5 rings (SSSR count). The number of ether oxygens (including phenoxy) is 1. The van der Waals surface area contributed by atoms with Gasteiger partial charge in [-0.05, 0) is 48.5 Å². The lowest BCUT2D eigenvalue weighted by Crippen LogP contribution is -2.41. The van der Waals surface area contributed by atoms with Gasteiger partial charge in [0.05, 0.1) is 28.0 Å². The van der Waals surface area contributed by atoms with E-state index in [1.54, 1.807) is 0 Å². The molecule has 11 nitrogen and oxygen atoms in total. The first-order chi connectivity index (χ1) is 19.7. The van der Waals surface area contributed by atoms with Crippen LogP contribution in [-0.4, -0.2) is 50.8 Å². The van der Waals surface area contributed by atoms with Crippen molar-refractivity contribution in [2.75, 3.05) is 5.75 Å². The van der Waals surface area contributed by atoms with E-state index < -0.39 is 39.5 Å². The molecule has 0 atom stereocenters. The summed E-state index contributed by atoms with van der Waals surface area (Å²) in [5, 5.41) is 13.0. The van der Waals surface area contributed by atoms with Crippen molar-refractivity contribution >= 4 is 20.9 Å². The maximum absolute atomic E-state index is 13.4. The molecule has 2 aromatic carbocycles. The molecule has 0 spiro atoms. The van der Waals surface area contributed by atoms with Crippen molar-refractivity contribution in [1.82, 2.24) is 24.3 Å². The molecule has 0 amide bonds. The third-order valence-electron chi connectivity index (χ3n) is 5.86. The third kappa shape index (κ3) is 5.07. The third-order valence-corrected chi connectivity index (χ3v) is 7.62. The first-order valence-electron chi connectivity index (χ1n) is 11.7. The Hall–Kier alpha value is -5.11. The number of halogens is 5. The lowest BCUT2D eigenvalue weighted by Gasteiger charge is -2.19. The number of nitrogens with zero attached hydrogens (tertiary/aromatic N) is 6. The van der Waals surface area contributed by atoms with Crippen LogP contribution in [0.5, 0.6) is 5.75 Å². The molecule has 0 aliphatic rings. The second-order valence-corrected chi connectivity index (χ2v) is 10.8. The van der Waals surface area contributed by atoms with Crippen LogP contribution >= 0.6 is 0 Å². The summed E-state index contributed by atoms with van der Waals surface area (Å²) < 4.78 is 102. The van der Waals surface area contributed by atoms with Crippen LogP contribution in [0.4, 0.5) is 22.0 Å². The summed E-state index contributed by atoms with van der Waals surface area (Å²) >= 11 is 0. The predicted octanol–water partition coefficient (Wildman–Crippen LogP) is 4.43. The van der Waals surface area contributed by atoms with E-state index in [-0.39, 0.29) is 33.3 Å². The molecule has 216 valence electrons. The van der Waals surface area contributed by atoms with E-state index in [0.29, 0.717) is 11.3 Å². The van der Waals surface area contributed by atoms with Gasteiger partial charge in [-0.1, -0.05) is 6.92 Å². The average Bonchev–Trinajstić information content (AvgIpc) is 3.55. The summed E-state index contributed by atoms with van der Waals surface area (Å²) in [6.45, 7) is 1.37. The van der Waals surface area contributed by atoms with Gasteiger partial charge in [0.25, 0.3) is 0 Å². The van der Waals surface area contributed by atoms with Gasteiger partial charge in [0, 0.05) is 6.07 Å². The topological polar surface area (TPSA) is 146 Å². The molecule has 0 radical (unpaired) electrons. The Kier molecular flexibility index (Phi) is 6.81. The van der Waals surface area contributed by atoms with E-state index in [4.69, 9.17) is 9.68 Å². The van der Waals surface area contributed by atoms with Crippen LogP contribution in [0.3, 0.4) is 0 Å². The van der Waals surface area contributed by atoms with Crippen LogP contribution in [0, 0.1) is 11.3 Å². The highest BCUT2D eigenvalue weighted by atomic mass is 32.2. The molecule has 17 heteroatoms. The second-order valence-electron chi connectivity index (χ2n) is 8.54. The zero-order valence-electron chi connectivity index (χ0n) is 21.0. The highest BCUT2D eigenvalue weighted by Gasteiger charge is 2.61. The molecule has 5 aromatic rings. The smallest absolute Gasteiger partial charge is 0.435 e. The Morgan fingerprint density at radius 3 is 2.38 bits per heavy atom. The lowest BCUT2D eigenvalue weighted by atomic mass is 10.2. The van der Waals surface area contributed by atoms with Gasteiger partial charge in [0.1, 0.15) is 23.3 Å². The predicted molar refractivity (Wildman–Crippen MR) is 134 cm³/mol. The molecule has 0 fully saturated rings. The van der Waals surface area contributed by atoms with Gasteiger partial charge < -0.3 is 9.15 Å². The number of benzene rings is 2. The van der Waals surface area contributed by atoms with E-state index in [1.807, 2.05) is 6.07 Å². The molecule has 0 saturated heterocycles. The van der Waals surface area contributed by atoms with Crippen molar-refractivity contribution in [3.8, 4) is 34.9 Å². The van der Waals surface area contributed by atoms with Crippen LogP contribution < -0.4 is 10.4 Å². The fraction of sp³-hybridized carbons (Fsp3) is 0.160. The van der Waals surface area contributed by atoms with Crippen LogP contribution in [-0.2, 0) is 9.84 Å². The minimum atomic E-state index is -5.98. The number of nitriles is 1. The fourth-order valence-corrected chi connectivity index (χ4v) is 4.74. The molecule has 0 aliphatic heterocycles. The van der Waals surface area contributed by atoms with Crippen molar-refractivity contribution in [2.24, 2.45) is 0 Å². The van der Waals surface area contributed by atoms with Gasteiger partial charge in [0.15, 0.2) is 21.2 Å².